The molecule has 0 saturated heterocycles. The first kappa shape index (κ1) is 14.6. The number of carbonyl (C=O) groups is 2. The summed E-state index contributed by atoms with van der Waals surface area (Å²) in [5, 5.41) is 14.7. The van der Waals surface area contributed by atoms with Gasteiger partial charge in [0.2, 0.25) is 5.91 Å². The van der Waals surface area contributed by atoms with E-state index in [1.807, 2.05) is 0 Å². The van der Waals surface area contributed by atoms with Gasteiger partial charge in [0.05, 0.1) is 18.3 Å². The number of amides is 1. The lowest BCUT2D eigenvalue weighted by atomic mass is 10.1. The van der Waals surface area contributed by atoms with E-state index < -0.39 is 29.9 Å². The van der Waals surface area contributed by atoms with Gasteiger partial charge in [-0.05, 0) is 12.1 Å². The molecule has 2 aromatic rings. The van der Waals surface area contributed by atoms with Crippen LogP contribution in [0.5, 0.6) is 0 Å². The molecule has 0 unspecified atom stereocenters. The zero-order valence-electron chi connectivity index (χ0n) is 10.7. The van der Waals surface area contributed by atoms with Crippen molar-refractivity contribution in [3.05, 3.63) is 47.8 Å². The Morgan fingerprint density at radius 2 is 1.95 bits per heavy atom. The third-order valence-electron chi connectivity index (χ3n) is 2.61. The second-order valence-electron chi connectivity index (χ2n) is 4.25. The van der Waals surface area contributed by atoms with Gasteiger partial charge in [-0.2, -0.15) is 5.10 Å². The molecule has 110 valence electrons. The highest BCUT2D eigenvalue weighted by Crippen LogP contribution is 2.14. The molecule has 1 aromatic heterocycles. The van der Waals surface area contributed by atoms with Crippen molar-refractivity contribution in [2.45, 2.75) is 13.0 Å². The van der Waals surface area contributed by atoms with Crippen LogP contribution in [0.4, 0.5) is 14.5 Å². The standard InChI is InChI=1S/C13H11F2N3O3/c14-10-2-1-3-11(15)9(10)4-12(19)17-8-5-16-18(6-8)7-13(20)21/h1-3,5-6H,4,7H2,(H,17,19)(H,20,21). The molecular formula is C13H11F2N3O3. The molecule has 0 fully saturated rings. The Balaban J connectivity index is 2.02. The number of nitrogens with zero attached hydrogens (tertiary/aromatic N) is 2. The van der Waals surface area contributed by atoms with Gasteiger partial charge in [0, 0.05) is 11.8 Å². The number of benzene rings is 1. The van der Waals surface area contributed by atoms with Crippen LogP contribution in [0.1, 0.15) is 5.56 Å². The lowest BCUT2D eigenvalue weighted by molar-refractivity contribution is -0.137. The van der Waals surface area contributed by atoms with Crippen molar-refractivity contribution in [2.75, 3.05) is 5.32 Å². The Morgan fingerprint density at radius 1 is 1.29 bits per heavy atom. The van der Waals surface area contributed by atoms with Gasteiger partial charge in [-0.15, -0.1) is 0 Å². The predicted molar refractivity (Wildman–Crippen MR) is 68.6 cm³/mol. The smallest absolute Gasteiger partial charge is 0.325 e. The van der Waals surface area contributed by atoms with E-state index in [0.29, 0.717) is 0 Å². The van der Waals surface area contributed by atoms with Crippen LogP contribution in [-0.4, -0.2) is 26.8 Å². The molecule has 1 amide bonds. The summed E-state index contributed by atoms with van der Waals surface area (Å²) in [5.41, 5.74) is -0.0778. The summed E-state index contributed by atoms with van der Waals surface area (Å²) in [6.45, 7) is -0.349. The van der Waals surface area contributed by atoms with E-state index in [-0.39, 0.29) is 17.8 Å². The Hall–Kier alpha value is -2.77. The molecule has 6 nitrogen and oxygen atoms in total. The maximum absolute atomic E-state index is 13.4. The molecule has 2 N–H and O–H groups in total. The largest absolute Gasteiger partial charge is 0.480 e. The maximum atomic E-state index is 13.4. The topological polar surface area (TPSA) is 84.2 Å². The molecule has 8 heteroatoms. The summed E-state index contributed by atoms with van der Waals surface area (Å²) >= 11 is 0. The van der Waals surface area contributed by atoms with E-state index in [1.165, 1.54) is 18.5 Å². The summed E-state index contributed by atoms with van der Waals surface area (Å²) in [6.07, 6.45) is 2.09. The lowest BCUT2D eigenvalue weighted by Gasteiger charge is -2.05. The molecule has 0 radical (unpaired) electrons. The average molecular weight is 295 g/mol. The maximum Gasteiger partial charge on any atom is 0.325 e. The van der Waals surface area contributed by atoms with Gasteiger partial charge in [0.1, 0.15) is 18.2 Å². The summed E-state index contributed by atoms with van der Waals surface area (Å²) in [5.74, 6) is -3.31. The molecule has 0 aliphatic heterocycles. The first-order valence-electron chi connectivity index (χ1n) is 5.92. The highest BCUT2D eigenvalue weighted by molar-refractivity contribution is 5.92. The van der Waals surface area contributed by atoms with Crippen molar-refractivity contribution >= 4 is 17.6 Å². The van der Waals surface area contributed by atoms with Gasteiger partial charge < -0.3 is 10.4 Å². The van der Waals surface area contributed by atoms with E-state index in [4.69, 9.17) is 5.11 Å². The van der Waals surface area contributed by atoms with Crippen molar-refractivity contribution in [2.24, 2.45) is 0 Å². The monoisotopic (exact) mass is 295 g/mol. The summed E-state index contributed by atoms with van der Waals surface area (Å²) in [6, 6.07) is 3.34. The minimum Gasteiger partial charge on any atom is -0.480 e. The molecule has 0 spiro atoms. The van der Waals surface area contributed by atoms with Crippen LogP contribution in [-0.2, 0) is 22.6 Å². The second-order valence-corrected chi connectivity index (χ2v) is 4.25. The van der Waals surface area contributed by atoms with E-state index in [1.54, 1.807) is 0 Å². The zero-order chi connectivity index (χ0) is 15.4. The van der Waals surface area contributed by atoms with Crippen molar-refractivity contribution in [3.8, 4) is 0 Å². The molecule has 1 heterocycles. The minimum atomic E-state index is -1.08. The number of anilines is 1. The molecule has 0 aliphatic rings. The van der Waals surface area contributed by atoms with Gasteiger partial charge in [-0.3, -0.25) is 14.3 Å². The molecule has 0 bridgehead atoms. The zero-order valence-corrected chi connectivity index (χ0v) is 10.7. The van der Waals surface area contributed by atoms with E-state index in [0.717, 1.165) is 16.8 Å². The van der Waals surface area contributed by atoms with Crippen molar-refractivity contribution in [1.29, 1.82) is 0 Å². The predicted octanol–water partition coefficient (Wildman–Crippen LogP) is 1.43. The molecular weight excluding hydrogens is 284 g/mol. The fraction of sp³-hybridized carbons (Fsp3) is 0.154. The van der Waals surface area contributed by atoms with Crippen LogP contribution in [0.25, 0.3) is 0 Å². The number of hydrogen-bond acceptors (Lipinski definition) is 3. The summed E-state index contributed by atoms with van der Waals surface area (Å²) in [7, 11) is 0. The van der Waals surface area contributed by atoms with Crippen molar-refractivity contribution in [3.63, 3.8) is 0 Å². The van der Waals surface area contributed by atoms with Gasteiger partial charge in [-0.1, -0.05) is 6.07 Å². The molecule has 0 aliphatic carbocycles. The first-order valence-corrected chi connectivity index (χ1v) is 5.92. The third-order valence-corrected chi connectivity index (χ3v) is 2.61. The Morgan fingerprint density at radius 3 is 2.57 bits per heavy atom. The summed E-state index contributed by atoms with van der Waals surface area (Å²) in [4.78, 5) is 22.2. The highest BCUT2D eigenvalue weighted by Gasteiger charge is 2.13. The third kappa shape index (κ3) is 3.85. The number of hydrogen-bond donors (Lipinski definition) is 2. The fourth-order valence-corrected chi connectivity index (χ4v) is 1.72. The Bertz CT molecular complexity index is 665. The van der Waals surface area contributed by atoms with E-state index in [2.05, 4.69) is 10.4 Å². The van der Waals surface area contributed by atoms with Gasteiger partial charge in [0.15, 0.2) is 0 Å². The van der Waals surface area contributed by atoms with Gasteiger partial charge in [-0.25, -0.2) is 8.78 Å². The minimum absolute atomic E-state index is 0.248. The van der Waals surface area contributed by atoms with Crippen LogP contribution < -0.4 is 5.32 Å². The lowest BCUT2D eigenvalue weighted by Crippen LogP contribution is -2.16. The molecule has 21 heavy (non-hydrogen) atoms. The second kappa shape index (κ2) is 6.12. The van der Waals surface area contributed by atoms with Crippen LogP contribution in [0, 0.1) is 11.6 Å². The van der Waals surface area contributed by atoms with Gasteiger partial charge in [0.25, 0.3) is 0 Å². The number of carboxylic acids is 1. The number of rotatable bonds is 5. The van der Waals surface area contributed by atoms with Gasteiger partial charge >= 0.3 is 5.97 Å². The first-order chi connectivity index (χ1) is 9.95. The number of carbonyl (C=O) groups excluding carboxylic acids is 1. The van der Waals surface area contributed by atoms with Crippen molar-refractivity contribution < 1.29 is 23.5 Å². The quantitative estimate of drug-likeness (QED) is 0.874. The average Bonchev–Trinajstić information content (AvgIpc) is 2.80. The van der Waals surface area contributed by atoms with Crippen molar-refractivity contribution in [1.82, 2.24) is 9.78 Å². The molecule has 0 saturated carbocycles. The number of halogens is 2. The normalized spacial score (nSPS) is 10.4. The molecule has 1 aromatic carbocycles. The van der Waals surface area contributed by atoms with Crippen LogP contribution in [0.2, 0.25) is 0 Å². The fourth-order valence-electron chi connectivity index (χ4n) is 1.72. The summed E-state index contributed by atoms with van der Waals surface area (Å²) < 4.78 is 27.9. The SMILES string of the molecule is O=C(O)Cn1cc(NC(=O)Cc2c(F)cccc2F)cn1. The number of aromatic nitrogens is 2. The molecule has 0 atom stereocenters. The Labute approximate surface area is 118 Å². The number of aliphatic carboxylic acids is 1. The molecule has 2 rings (SSSR count). The van der Waals surface area contributed by atoms with Crippen LogP contribution in [0.15, 0.2) is 30.6 Å². The van der Waals surface area contributed by atoms with E-state index >= 15 is 0 Å². The highest BCUT2D eigenvalue weighted by atomic mass is 19.1. The van der Waals surface area contributed by atoms with Crippen LogP contribution in [0.3, 0.4) is 0 Å². The van der Waals surface area contributed by atoms with E-state index in [9.17, 15) is 18.4 Å². The Kier molecular flexibility index (Phi) is 4.27. The van der Waals surface area contributed by atoms with Crippen LogP contribution >= 0.6 is 0 Å². The number of nitrogens with one attached hydrogen (secondary N) is 1. The number of carboxylic acid groups (broad SMARTS) is 1.